The molecular formula is C17H32N2. The van der Waals surface area contributed by atoms with Crippen LogP contribution in [0.4, 0.5) is 0 Å². The first kappa shape index (κ1) is 16.3. The molecule has 0 N–H and O–H groups in total. The average molecular weight is 264 g/mol. The second-order valence-electron chi connectivity index (χ2n) is 5.86. The number of nitrogens with zero attached hydrogens (tertiary/aromatic N) is 2. The molecule has 1 aromatic heterocycles. The van der Waals surface area contributed by atoms with E-state index in [4.69, 9.17) is 0 Å². The lowest BCUT2D eigenvalue weighted by Crippen LogP contribution is -2.00. The highest BCUT2D eigenvalue weighted by Crippen LogP contribution is 2.27. The number of hydrogen-bond donors (Lipinski definition) is 0. The zero-order valence-electron chi connectivity index (χ0n) is 13.2. The van der Waals surface area contributed by atoms with Crippen LogP contribution < -0.4 is 0 Å². The Labute approximate surface area is 119 Å². The quantitative estimate of drug-likeness (QED) is 0.486. The minimum absolute atomic E-state index is 0.690. The van der Waals surface area contributed by atoms with Gasteiger partial charge in [0.25, 0.3) is 0 Å². The molecule has 0 amide bonds. The van der Waals surface area contributed by atoms with Crippen LogP contribution in [0.3, 0.4) is 0 Å². The Morgan fingerprint density at radius 3 is 1.95 bits per heavy atom. The Morgan fingerprint density at radius 2 is 1.53 bits per heavy atom. The van der Waals surface area contributed by atoms with Gasteiger partial charge in [-0.25, -0.2) is 4.98 Å². The second kappa shape index (κ2) is 10.1. The Balaban J connectivity index is 2.38. The van der Waals surface area contributed by atoms with Gasteiger partial charge in [-0.15, -0.1) is 0 Å². The van der Waals surface area contributed by atoms with E-state index in [1.54, 1.807) is 0 Å². The van der Waals surface area contributed by atoms with Gasteiger partial charge in [-0.05, 0) is 12.8 Å². The normalized spacial score (nSPS) is 11.4. The lowest BCUT2D eigenvalue weighted by molar-refractivity contribution is 0.489. The summed E-state index contributed by atoms with van der Waals surface area (Å²) in [6.07, 6.45) is 17.7. The monoisotopic (exact) mass is 264 g/mol. The van der Waals surface area contributed by atoms with Gasteiger partial charge in [0.15, 0.2) is 0 Å². The topological polar surface area (TPSA) is 17.8 Å². The molecule has 0 spiro atoms. The number of imidazole rings is 1. The molecule has 0 bridgehead atoms. The molecule has 0 saturated carbocycles. The molecule has 0 unspecified atom stereocenters. The van der Waals surface area contributed by atoms with Gasteiger partial charge in [-0.3, -0.25) is 0 Å². The number of unbranched alkanes of at least 4 members (excludes halogenated alkanes) is 6. The molecule has 1 aromatic rings. The maximum absolute atomic E-state index is 4.58. The fourth-order valence-corrected chi connectivity index (χ4v) is 2.72. The average Bonchev–Trinajstić information content (AvgIpc) is 2.83. The molecule has 19 heavy (non-hydrogen) atoms. The van der Waals surface area contributed by atoms with Gasteiger partial charge in [0.05, 0.1) is 12.0 Å². The van der Waals surface area contributed by atoms with Gasteiger partial charge < -0.3 is 4.57 Å². The fourth-order valence-electron chi connectivity index (χ4n) is 2.72. The molecule has 2 nitrogen and oxygen atoms in total. The molecule has 0 fully saturated rings. The Morgan fingerprint density at radius 1 is 0.947 bits per heavy atom. The van der Waals surface area contributed by atoms with Crippen LogP contribution in [0.1, 0.15) is 89.7 Å². The molecular weight excluding hydrogens is 232 g/mol. The van der Waals surface area contributed by atoms with Gasteiger partial charge in [-0.2, -0.15) is 0 Å². The molecule has 1 rings (SSSR count). The minimum Gasteiger partial charge on any atom is -0.340 e. The third-order valence-corrected chi connectivity index (χ3v) is 3.96. The number of aryl methyl sites for hydroxylation is 1. The van der Waals surface area contributed by atoms with Gasteiger partial charge >= 0.3 is 0 Å². The lowest BCUT2D eigenvalue weighted by atomic mass is 9.92. The van der Waals surface area contributed by atoms with Gasteiger partial charge in [0, 0.05) is 19.2 Å². The molecule has 0 atom stereocenters. The summed E-state index contributed by atoms with van der Waals surface area (Å²) in [5.74, 6) is 0.690. The summed E-state index contributed by atoms with van der Waals surface area (Å²) in [7, 11) is 2.07. The van der Waals surface area contributed by atoms with E-state index in [0.29, 0.717) is 5.92 Å². The van der Waals surface area contributed by atoms with E-state index in [0.717, 1.165) is 0 Å². The standard InChI is InChI=1S/C17H32N2/c1-4-6-8-10-12-16(13-11-9-7-5-2)17-14-19(3)15-18-17/h14-16H,4-13H2,1-3H3. The summed E-state index contributed by atoms with van der Waals surface area (Å²) in [4.78, 5) is 4.58. The zero-order valence-corrected chi connectivity index (χ0v) is 13.2. The van der Waals surface area contributed by atoms with E-state index >= 15 is 0 Å². The van der Waals surface area contributed by atoms with Crippen molar-refractivity contribution in [2.24, 2.45) is 7.05 Å². The molecule has 0 aromatic carbocycles. The van der Waals surface area contributed by atoms with Crippen LogP contribution in [0, 0.1) is 0 Å². The lowest BCUT2D eigenvalue weighted by Gasteiger charge is -2.14. The molecule has 0 radical (unpaired) electrons. The van der Waals surface area contributed by atoms with Crippen LogP contribution in [0.25, 0.3) is 0 Å². The summed E-state index contributed by atoms with van der Waals surface area (Å²) in [5, 5.41) is 0. The highest BCUT2D eigenvalue weighted by Gasteiger charge is 2.13. The van der Waals surface area contributed by atoms with Gasteiger partial charge in [0.1, 0.15) is 0 Å². The molecule has 0 aliphatic rings. The predicted octanol–water partition coefficient (Wildman–Crippen LogP) is 5.44. The number of rotatable bonds is 11. The van der Waals surface area contributed by atoms with Crippen LogP contribution in [-0.2, 0) is 7.05 Å². The summed E-state index contributed by atoms with van der Waals surface area (Å²) in [6, 6.07) is 0. The first-order valence-corrected chi connectivity index (χ1v) is 8.25. The molecule has 0 aliphatic carbocycles. The van der Waals surface area contributed by atoms with Crippen LogP contribution >= 0.6 is 0 Å². The first-order valence-electron chi connectivity index (χ1n) is 8.25. The maximum atomic E-state index is 4.58. The van der Waals surface area contributed by atoms with Crippen LogP contribution in [0.2, 0.25) is 0 Å². The summed E-state index contributed by atoms with van der Waals surface area (Å²) in [6.45, 7) is 4.56. The number of aromatic nitrogens is 2. The van der Waals surface area contributed by atoms with E-state index in [1.807, 2.05) is 6.33 Å². The van der Waals surface area contributed by atoms with Gasteiger partial charge in [0.2, 0.25) is 0 Å². The smallest absolute Gasteiger partial charge is 0.0946 e. The predicted molar refractivity (Wildman–Crippen MR) is 83.5 cm³/mol. The highest BCUT2D eigenvalue weighted by atomic mass is 15.0. The molecule has 110 valence electrons. The second-order valence-corrected chi connectivity index (χ2v) is 5.86. The van der Waals surface area contributed by atoms with Crippen molar-refractivity contribution >= 4 is 0 Å². The van der Waals surface area contributed by atoms with E-state index in [1.165, 1.54) is 69.9 Å². The van der Waals surface area contributed by atoms with Crippen LogP contribution in [0.5, 0.6) is 0 Å². The SMILES string of the molecule is CCCCCCC(CCCCCC)c1cn(C)cn1. The van der Waals surface area contributed by atoms with E-state index in [-0.39, 0.29) is 0 Å². The molecule has 1 heterocycles. The third kappa shape index (κ3) is 6.79. The first-order chi connectivity index (χ1) is 9.27. The molecule has 0 saturated heterocycles. The van der Waals surface area contributed by atoms with Crippen molar-refractivity contribution < 1.29 is 0 Å². The third-order valence-electron chi connectivity index (χ3n) is 3.96. The van der Waals surface area contributed by atoms with E-state index in [2.05, 4.69) is 36.6 Å². The van der Waals surface area contributed by atoms with Crippen molar-refractivity contribution in [2.45, 2.75) is 84.0 Å². The van der Waals surface area contributed by atoms with E-state index < -0.39 is 0 Å². The van der Waals surface area contributed by atoms with Gasteiger partial charge in [-0.1, -0.05) is 65.2 Å². The van der Waals surface area contributed by atoms with Crippen molar-refractivity contribution in [3.63, 3.8) is 0 Å². The fraction of sp³-hybridized carbons (Fsp3) is 0.824. The van der Waals surface area contributed by atoms with Crippen molar-refractivity contribution in [1.29, 1.82) is 0 Å². The minimum atomic E-state index is 0.690. The van der Waals surface area contributed by atoms with Crippen molar-refractivity contribution in [3.05, 3.63) is 18.2 Å². The molecule has 2 heteroatoms. The summed E-state index contributed by atoms with van der Waals surface area (Å²) in [5.41, 5.74) is 1.32. The Bertz CT molecular complexity index is 305. The maximum Gasteiger partial charge on any atom is 0.0946 e. The summed E-state index contributed by atoms with van der Waals surface area (Å²) < 4.78 is 2.08. The van der Waals surface area contributed by atoms with Crippen molar-refractivity contribution in [2.75, 3.05) is 0 Å². The van der Waals surface area contributed by atoms with Crippen molar-refractivity contribution in [1.82, 2.24) is 9.55 Å². The van der Waals surface area contributed by atoms with Crippen molar-refractivity contribution in [3.8, 4) is 0 Å². The summed E-state index contributed by atoms with van der Waals surface area (Å²) >= 11 is 0. The Hall–Kier alpha value is -0.790. The largest absolute Gasteiger partial charge is 0.340 e. The van der Waals surface area contributed by atoms with Crippen LogP contribution in [0.15, 0.2) is 12.5 Å². The Kier molecular flexibility index (Phi) is 8.61. The highest BCUT2D eigenvalue weighted by molar-refractivity contribution is 5.04. The van der Waals surface area contributed by atoms with E-state index in [9.17, 15) is 0 Å². The van der Waals surface area contributed by atoms with Crippen LogP contribution in [-0.4, -0.2) is 9.55 Å². The zero-order chi connectivity index (χ0) is 13.9. The number of hydrogen-bond acceptors (Lipinski definition) is 1. The molecule has 0 aliphatic heterocycles.